The Bertz CT molecular complexity index is 383. The molecule has 0 aromatic carbocycles. The van der Waals surface area contributed by atoms with E-state index < -0.39 is 5.60 Å². The van der Waals surface area contributed by atoms with Crippen LogP contribution >= 0.6 is 0 Å². The van der Waals surface area contributed by atoms with Crippen LogP contribution < -0.4 is 5.32 Å². The number of nitrogens with one attached hydrogen (secondary N) is 1. The minimum absolute atomic E-state index is 0.197. The Balaban J connectivity index is 2.31. The van der Waals surface area contributed by atoms with Gasteiger partial charge in [-0.1, -0.05) is 0 Å². The van der Waals surface area contributed by atoms with E-state index in [2.05, 4.69) is 10.3 Å². The second kappa shape index (κ2) is 5.66. The van der Waals surface area contributed by atoms with Gasteiger partial charge in [0.25, 0.3) is 0 Å². The molecule has 0 radical (unpaired) electrons. The highest BCUT2D eigenvalue weighted by Gasteiger charge is 2.15. The van der Waals surface area contributed by atoms with E-state index in [1.807, 2.05) is 39.8 Å². The lowest BCUT2D eigenvalue weighted by molar-refractivity contribution is -0.154. The summed E-state index contributed by atoms with van der Waals surface area (Å²) in [6, 6.07) is 3.87. The van der Waals surface area contributed by atoms with Crippen molar-refractivity contribution >= 4 is 11.8 Å². The summed E-state index contributed by atoms with van der Waals surface area (Å²) in [5.74, 6) is 0.589. The van der Waals surface area contributed by atoms with Gasteiger partial charge in [0.1, 0.15) is 11.4 Å². The zero-order valence-electron chi connectivity index (χ0n) is 10.9. The first-order valence-corrected chi connectivity index (χ1v) is 5.75. The number of hydrogen-bond donors (Lipinski definition) is 1. The highest BCUT2D eigenvalue weighted by molar-refractivity contribution is 5.70. The van der Waals surface area contributed by atoms with Gasteiger partial charge < -0.3 is 10.1 Å². The van der Waals surface area contributed by atoms with Gasteiger partial charge in [-0.15, -0.1) is 0 Å². The van der Waals surface area contributed by atoms with E-state index in [0.717, 1.165) is 11.4 Å². The Morgan fingerprint density at radius 1 is 1.47 bits per heavy atom. The van der Waals surface area contributed by atoms with Crippen molar-refractivity contribution in [2.45, 2.75) is 39.7 Å². The van der Waals surface area contributed by atoms with Gasteiger partial charge in [0, 0.05) is 12.7 Å². The van der Waals surface area contributed by atoms with Gasteiger partial charge in [-0.3, -0.25) is 4.79 Å². The molecule has 0 amide bonds. The second-order valence-corrected chi connectivity index (χ2v) is 4.98. The maximum absolute atomic E-state index is 11.4. The van der Waals surface area contributed by atoms with Gasteiger partial charge in [0.15, 0.2) is 0 Å². The zero-order chi connectivity index (χ0) is 12.9. The van der Waals surface area contributed by atoms with Gasteiger partial charge in [-0.2, -0.15) is 0 Å². The van der Waals surface area contributed by atoms with Gasteiger partial charge in [-0.25, -0.2) is 4.98 Å². The van der Waals surface area contributed by atoms with Crippen molar-refractivity contribution in [3.8, 4) is 0 Å². The third-order valence-electron chi connectivity index (χ3n) is 1.97. The summed E-state index contributed by atoms with van der Waals surface area (Å²) in [5.41, 5.74) is 0.721. The molecule has 0 unspecified atom stereocenters. The fourth-order valence-electron chi connectivity index (χ4n) is 1.32. The minimum Gasteiger partial charge on any atom is -0.460 e. The second-order valence-electron chi connectivity index (χ2n) is 4.98. The largest absolute Gasteiger partial charge is 0.460 e. The number of rotatable bonds is 4. The normalized spacial score (nSPS) is 11.1. The summed E-state index contributed by atoms with van der Waals surface area (Å²) in [5, 5.41) is 3.09. The number of aryl methyl sites for hydroxylation is 1. The van der Waals surface area contributed by atoms with Crippen LogP contribution in [0.15, 0.2) is 18.3 Å². The summed E-state index contributed by atoms with van der Waals surface area (Å²) in [6.45, 7) is 8.12. The van der Waals surface area contributed by atoms with Crippen molar-refractivity contribution in [1.82, 2.24) is 4.98 Å². The van der Waals surface area contributed by atoms with E-state index in [1.165, 1.54) is 0 Å². The smallest absolute Gasteiger partial charge is 0.308 e. The Kier molecular flexibility index (Phi) is 4.49. The van der Waals surface area contributed by atoms with Crippen molar-refractivity contribution in [3.63, 3.8) is 0 Å². The molecule has 1 N–H and O–H groups in total. The van der Waals surface area contributed by atoms with E-state index in [9.17, 15) is 4.79 Å². The molecule has 1 aromatic rings. The molecule has 0 bridgehead atoms. The zero-order valence-corrected chi connectivity index (χ0v) is 10.9. The molecule has 0 fully saturated rings. The number of aromatic nitrogens is 1. The lowest BCUT2D eigenvalue weighted by Gasteiger charge is -2.19. The van der Waals surface area contributed by atoms with Crippen LogP contribution in [-0.2, 0) is 9.53 Å². The average Bonchev–Trinajstić information content (AvgIpc) is 2.14. The van der Waals surface area contributed by atoms with Crippen molar-refractivity contribution in [2.24, 2.45) is 0 Å². The molecule has 1 rings (SSSR count). The Labute approximate surface area is 102 Å². The SMILES string of the molecule is Cc1ccnc(NCCC(=O)OC(C)(C)C)c1. The number of anilines is 1. The van der Waals surface area contributed by atoms with E-state index in [-0.39, 0.29) is 5.97 Å². The van der Waals surface area contributed by atoms with Crippen LogP contribution in [0.1, 0.15) is 32.8 Å². The maximum Gasteiger partial charge on any atom is 0.308 e. The summed E-state index contributed by atoms with van der Waals surface area (Å²) < 4.78 is 5.20. The van der Waals surface area contributed by atoms with Crippen LogP contribution in [0.3, 0.4) is 0 Å². The third kappa shape index (κ3) is 5.90. The molecule has 0 spiro atoms. The molecule has 0 saturated carbocycles. The first kappa shape index (κ1) is 13.5. The topological polar surface area (TPSA) is 51.2 Å². The fraction of sp³-hybridized carbons (Fsp3) is 0.538. The Hall–Kier alpha value is -1.58. The summed E-state index contributed by atoms with van der Waals surface area (Å²) >= 11 is 0. The van der Waals surface area contributed by atoms with Gasteiger partial charge >= 0.3 is 5.97 Å². The van der Waals surface area contributed by atoms with Crippen LogP contribution in [0.5, 0.6) is 0 Å². The molecular formula is C13H20N2O2. The molecule has 4 nitrogen and oxygen atoms in total. The third-order valence-corrected chi connectivity index (χ3v) is 1.97. The molecule has 94 valence electrons. The molecule has 0 aliphatic rings. The summed E-state index contributed by atoms with van der Waals surface area (Å²) in [6.07, 6.45) is 2.08. The number of nitrogens with zero attached hydrogens (tertiary/aromatic N) is 1. The number of hydrogen-bond acceptors (Lipinski definition) is 4. The van der Waals surface area contributed by atoms with Crippen LogP contribution in [0.25, 0.3) is 0 Å². The highest BCUT2D eigenvalue weighted by Crippen LogP contribution is 2.09. The van der Waals surface area contributed by atoms with Crippen molar-refractivity contribution in [1.29, 1.82) is 0 Å². The maximum atomic E-state index is 11.4. The highest BCUT2D eigenvalue weighted by atomic mass is 16.6. The van der Waals surface area contributed by atoms with E-state index in [1.54, 1.807) is 6.20 Å². The number of pyridine rings is 1. The Morgan fingerprint density at radius 3 is 2.76 bits per heavy atom. The molecule has 1 aromatic heterocycles. The Morgan fingerprint density at radius 2 is 2.18 bits per heavy atom. The quantitative estimate of drug-likeness (QED) is 0.816. The minimum atomic E-state index is -0.418. The van der Waals surface area contributed by atoms with Crippen LogP contribution in [-0.4, -0.2) is 23.1 Å². The lowest BCUT2D eigenvalue weighted by Crippen LogP contribution is -2.25. The summed E-state index contributed by atoms with van der Waals surface area (Å²) in [4.78, 5) is 15.6. The van der Waals surface area contributed by atoms with E-state index in [4.69, 9.17) is 4.74 Å². The van der Waals surface area contributed by atoms with Crippen LogP contribution in [0, 0.1) is 6.92 Å². The van der Waals surface area contributed by atoms with Gasteiger partial charge in [0.05, 0.1) is 6.42 Å². The molecule has 0 atom stereocenters. The number of carbonyl (C=O) groups excluding carboxylic acids is 1. The van der Waals surface area contributed by atoms with E-state index >= 15 is 0 Å². The molecule has 4 heteroatoms. The standard InChI is InChI=1S/C13H20N2O2/c1-10-5-7-14-11(9-10)15-8-6-12(16)17-13(2,3)4/h5,7,9H,6,8H2,1-4H3,(H,14,15). The first-order chi connectivity index (χ1) is 7.87. The predicted molar refractivity (Wildman–Crippen MR) is 67.9 cm³/mol. The van der Waals surface area contributed by atoms with Crippen molar-refractivity contribution in [3.05, 3.63) is 23.9 Å². The fourth-order valence-corrected chi connectivity index (χ4v) is 1.32. The summed E-state index contributed by atoms with van der Waals surface area (Å²) in [7, 11) is 0. The molecule has 17 heavy (non-hydrogen) atoms. The number of ether oxygens (including phenoxy) is 1. The molecular weight excluding hydrogens is 216 g/mol. The molecule has 0 aliphatic carbocycles. The van der Waals surface area contributed by atoms with Crippen LogP contribution in [0.4, 0.5) is 5.82 Å². The van der Waals surface area contributed by atoms with Crippen molar-refractivity contribution < 1.29 is 9.53 Å². The lowest BCUT2D eigenvalue weighted by atomic mass is 10.2. The van der Waals surface area contributed by atoms with Crippen molar-refractivity contribution in [2.75, 3.05) is 11.9 Å². The number of carbonyl (C=O) groups is 1. The monoisotopic (exact) mass is 236 g/mol. The predicted octanol–water partition coefficient (Wildman–Crippen LogP) is 2.53. The molecule has 1 heterocycles. The van der Waals surface area contributed by atoms with Gasteiger partial charge in [-0.05, 0) is 45.4 Å². The van der Waals surface area contributed by atoms with E-state index in [0.29, 0.717) is 13.0 Å². The average molecular weight is 236 g/mol. The number of esters is 1. The first-order valence-electron chi connectivity index (χ1n) is 5.75. The molecule has 0 saturated heterocycles. The van der Waals surface area contributed by atoms with Gasteiger partial charge in [0.2, 0.25) is 0 Å². The van der Waals surface area contributed by atoms with Crippen LogP contribution in [0.2, 0.25) is 0 Å². The molecule has 0 aliphatic heterocycles.